The van der Waals surface area contributed by atoms with Crippen LogP contribution in [0.25, 0.3) is 0 Å². The van der Waals surface area contributed by atoms with Crippen molar-refractivity contribution in [1.82, 2.24) is 5.32 Å². The molecule has 0 aromatic heterocycles. The molecule has 3 nitrogen and oxygen atoms in total. The number of rotatable bonds is 21. The van der Waals surface area contributed by atoms with Gasteiger partial charge in [0.1, 0.15) is 0 Å². The van der Waals surface area contributed by atoms with Crippen molar-refractivity contribution in [3.8, 4) is 0 Å². The zero-order valence-corrected chi connectivity index (χ0v) is 18.0. The molecule has 26 heavy (non-hydrogen) atoms. The maximum absolute atomic E-state index is 11.7. The Kier molecular flexibility index (Phi) is 22.0. The number of hydrogen-bond donors (Lipinski definition) is 1. The van der Waals surface area contributed by atoms with Gasteiger partial charge in [0, 0.05) is 26.7 Å². The van der Waals surface area contributed by atoms with E-state index in [4.69, 9.17) is 4.74 Å². The Balaban J connectivity index is 3.09. The lowest BCUT2D eigenvalue weighted by Gasteiger charge is -2.06. The average molecular weight is 370 g/mol. The Hall–Kier alpha value is -0.570. The van der Waals surface area contributed by atoms with Crippen molar-refractivity contribution in [3.63, 3.8) is 0 Å². The number of ether oxygens (including phenoxy) is 1. The second-order valence-corrected chi connectivity index (χ2v) is 7.75. The van der Waals surface area contributed by atoms with Crippen molar-refractivity contribution in [2.24, 2.45) is 0 Å². The van der Waals surface area contributed by atoms with Crippen LogP contribution >= 0.6 is 0 Å². The van der Waals surface area contributed by atoms with E-state index in [0.717, 1.165) is 38.8 Å². The van der Waals surface area contributed by atoms with E-state index in [1.165, 1.54) is 83.5 Å². The van der Waals surface area contributed by atoms with Gasteiger partial charge in [0.25, 0.3) is 0 Å². The minimum atomic E-state index is 0.220. The molecule has 0 heterocycles. The molecular weight excluding hydrogens is 322 g/mol. The van der Waals surface area contributed by atoms with Gasteiger partial charge in [-0.2, -0.15) is 0 Å². The van der Waals surface area contributed by atoms with Crippen molar-refractivity contribution < 1.29 is 9.53 Å². The van der Waals surface area contributed by atoms with Crippen molar-refractivity contribution in [1.29, 1.82) is 0 Å². The van der Waals surface area contributed by atoms with Crippen LogP contribution in [0.3, 0.4) is 0 Å². The first-order valence-electron chi connectivity index (χ1n) is 11.6. The number of nitrogens with one attached hydrogen (secondary N) is 1. The predicted octanol–water partition coefficient (Wildman–Crippen LogP) is 6.79. The third-order valence-electron chi connectivity index (χ3n) is 5.10. The maximum Gasteiger partial charge on any atom is 0.219 e. The second-order valence-electron chi connectivity index (χ2n) is 7.75. The highest BCUT2D eigenvalue weighted by Crippen LogP contribution is 2.12. The molecule has 0 saturated carbocycles. The quantitative estimate of drug-likeness (QED) is 0.226. The topological polar surface area (TPSA) is 38.3 Å². The van der Waals surface area contributed by atoms with E-state index >= 15 is 0 Å². The van der Waals surface area contributed by atoms with Gasteiger partial charge in [-0.25, -0.2) is 0 Å². The van der Waals surface area contributed by atoms with E-state index in [9.17, 15) is 4.79 Å². The molecule has 1 N–H and O–H groups in total. The molecule has 0 saturated heterocycles. The van der Waals surface area contributed by atoms with Gasteiger partial charge in [0.15, 0.2) is 0 Å². The fourth-order valence-electron chi connectivity index (χ4n) is 3.34. The molecule has 3 heteroatoms. The molecule has 0 bridgehead atoms. The zero-order valence-electron chi connectivity index (χ0n) is 18.0. The van der Waals surface area contributed by atoms with Gasteiger partial charge in [0.2, 0.25) is 5.91 Å². The molecule has 0 rings (SSSR count). The molecule has 0 spiro atoms. The summed E-state index contributed by atoms with van der Waals surface area (Å²) in [6, 6.07) is 0. The monoisotopic (exact) mass is 369 g/mol. The molecule has 0 fully saturated rings. The maximum atomic E-state index is 11.7. The van der Waals surface area contributed by atoms with Crippen LogP contribution in [-0.2, 0) is 9.53 Å². The number of carbonyl (C=O) groups is 1. The van der Waals surface area contributed by atoms with Gasteiger partial charge in [0.05, 0.1) is 0 Å². The molecule has 0 aliphatic rings. The highest BCUT2D eigenvalue weighted by Gasteiger charge is 2.00. The lowest BCUT2D eigenvalue weighted by atomic mass is 10.0. The Bertz CT molecular complexity index is 281. The molecule has 156 valence electrons. The van der Waals surface area contributed by atoms with Crippen molar-refractivity contribution in [2.75, 3.05) is 20.3 Å². The Morgan fingerprint density at radius 3 is 1.62 bits per heavy atom. The smallest absolute Gasteiger partial charge is 0.219 e. The minimum absolute atomic E-state index is 0.220. The molecular formula is C23H47NO2. The summed E-state index contributed by atoms with van der Waals surface area (Å²) in [7, 11) is 1.73. The average Bonchev–Trinajstić information content (AvgIpc) is 2.64. The van der Waals surface area contributed by atoms with Crippen LogP contribution in [0.5, 0.6) is 0 Å². The number of carbonyl (C=O) groups excluding carboxylic acids is 1. The predicted molar refractivity (Wildman–Crippen MR) is 114 cm³/mol. The van der Waals surface area contributed by atoms with Gasteiger partial charge in [-0.1, -0.05) is 96.8 Å². The van der Waals surface area contributed by atoms with Gasteiger partial charge in [-0.05, 0) is 19.3 Å². The molecule has 0 unspecified atom stereocenters. The summed E-state index contributed by atoms with van der Waals surface area (Å²) >= 11 is 0. The number of methoxy groups -OCH3 is 1. The summed E-state index contributed by atoms with van der Waals surface area (Å²) in [5.41, 5.74) is 0. The standard InChI is InChI=1S/C23H47NO2/c1-3-4-5-6-7-8-9-10-11-12-13-14-15-18-21-24-23(25)20-17-16-19-22-26-2/h3-22H2,1-2H3,(H,24,25). The van der Waals surface area contributed by atoms with E-state index < -0.39 is 0 Å². The summed E-state index contributed by atoms with van der Waals surface area (Å²) in [5, 5.41) is 3.05. The van der Waals surface area contributed by atoms with Gasteiger partial charge >= 0.3 is 0 Å². The summed E-state index contributed by atoms with van der Waals surface area (Å²) in [5.74, 6) is 0.220. The first kappa shape index (κ1) is 25.4. The summed E-state index contributed by atoms with van der Waals surface area (Å²) in [6.07, 6.45) is 23.1. The number of amides is 1. The first-order valence-corrected chi connectivity index (χ1v) is 11.6. The Labute approximate surface area is 164 Å². The van der Waals surface area contributed by atoms with E-state index in [2.05, 4.69) is 12.2 Å². The summed E-state index contributed by atoms with van der Waals surface area (Å²) < 4.78 is 5.01. The molecule has 0 aliphatic heterocycles. The van der Waals surface area contributed by atoms with Crippen LogP contribution in [0.2, 0.25) is 0 Å². The van der Waals surface area contributed by atoms with E-state index in [1.54, 1.807) is 7.11 Å². The highest BCUT2D eigenvalue weighted by molar-refractivity contribution is 5.75. The SMILES string of the molecule is CCCCCCCCCCCCCCCCNC(=O)CCCCCOC. The van der Waals surface area contributed by atoms with Gasteiger partial charge < -0.3 is 10.1 Å². The molecule has 0 atom stereocenters. The molecule has 0 aromatic carbocycles. The van der Waals surface area contributed by atoms with Crippen LogP contribution in [0.1, 0.15) is 122 Å². The van der Waals surface area contributed by atoms with Gasteiger partial charge in [-0.3, -0.25) is 4.79 Å². The fourth-order valence-corrected chi connectivity index (χ4v) is 3.34. The highest BCUT2D eigenvalue weighted by atomic mass is 16.5. The largest absolute Gasteiger partial charge is 0.385 e. The molecule has 0 radical (unpaired) electrons. The molecule has 1 amide bonds. The lowest BCUT2D eigenvalue weighted by molar-refractivity contribution is -0.121. The van der Waals surface area contributed by atoms with Crippen LogP contribution in [0, 0.1) is 0 Å². The zero-order chi connectivity index (χ0) is 19.1. The van der Waals surface area contributed by atoms with Crippen LogP contribution in [0.4, 0.5) is 0 Å². The lowest BCUT2D eigenvalue weighted by Crippen LogP contribution is -2.23. The van der Waals surface area contributed by atoms with Crippen molar-refractivity contribution in [3.05, 3.63) is 0 Å². The van der Waals surface area contributed by atoms with Crippen LogP contribution < -0.4 is 5.32 Å². The number of unbranched alkanes of at least 4 members (excludes halogenated alkanes) is 15. The molecule has 0 aromatic rings. The normalized spacial score (nSPS) is 11.0. The Morgan fingerprint density at radius 1 is 0.654 bits per heavy atom. The van der Waals surface area contributed by atoms with Crippen molar-refractivity contribution in [2.45, 2.75) is 122 Å². The molecule has 0 aliphatic carbocycles. The second kappa shape index (κ2) is 22.5. The summed E-state index contributed by atoms with van der Waals surface area (Å²) in [4.78, 5) is 11.7. The minimum Gasteiger partial charge on any atom is -0.385 e. The first-order chi connectivity index (χ1) is 12.8. The van der Waals surface area contributed by atoms with E-state index in [-0.39, 0.29) is 5.91 Å². The summed E-state index contributed by atoms with van der Waals surface area (Å²) in [6.45, 7) is 3.94. The third kappa shape index (κ3) is 21.5. The van der Waals surface area contributed by atoms with Gasteiger partial charge in [-0.15, -0.1) is 0 Å². The van der Waals surface area contributed by atoms with Crippen LogP contribution in [0.15, 0.2) is 0 Å². The fraction of sp³-hybridized carbons (Fsp3) is 0.957. The van der Waals surface area contributed by atoms with E-state index in [1.807, 2.05) is 0 Å². The van der Waals surface area contributed by atoms with E-state index in [0.29, 0.717) is 6.42 Å². The number of hydrogen-bond acceptors (Lipinski definition) is 2. The third-order valence-corrected chi connectivity index (χ3v) is 5.10. The van der Waals surface area contributed by atoms with Crippen molar-refractivity contribution >= 4 is 5.91 Å². The van der Waals surface area contributed by atoms with Crippen LogP contribution in [-0.4, -0.2) is 26.2 Å². The Morgan fingerprint density at radius 2 is 1.12 bits per heavy atom.